The van der Waals surface area contributed by atoms with Crippen molar-refractivity contribution in [2.45, 2.75) is 39.8 Å². The third kappa shape index (κ3) is 7.83. The van der Waals surface area contributed by atoms with Crippen molar-refractivity contribution in [1.29, 1.82) is 0 Å². The molecule has 0 saturated carbocycles. The third-order valence-electron chi connectivity index (χ3n) is 2.75. The van der Waals surface area contributed by atoms with Crippen LogP contribution in [-0.2, 0) is 6.54 Å². The second-order valence-electron chi connectivity index (χ2n) is 5.97. The summed E-state index contributed by atoms with van der Waals surface area (Å²) in [5, 5.41) is 6.80. The second-order valence-corrected chi connectivity index (χ2v) is 8.52. The number of hydrogen-bond acceptors (Lipinski definition) is 3. The van der Waals surface area contributed by atoms with E-state index in [0.29, 0.717) is 0 Å². The minimum atomic E-state index is 0.142. The Morgan fingerprint density at radius 2 is 2.10 bits per heavy atom. The largest absolute Gasteiger partial charge is 0.357 e. The molecule has 21 heavy (non-hydrogen) atoms. The van der Waals surface area contributed by atoms with Crippen LogP contribution < -0.4 is 10.6 Å². The van der Waals surface area contributed by atoms with Crippen LogP contribution in [0.3, 0.4) is 0 Å². The van der Waals surface area contributed by atoms with Gasteiger partial charge in [0.2, 0.25) is 0 Å². The number of hydrogen-bond donors (Lipinski definition) is 2. The van der Waals surface area contributed by atoms with Crippen LogP contribution in [0.4, 0.5) is 0 Å². The van der Waals surface area contributed by atoms with Gasteiger partial charge in [0.25, 0.3) is 0 Å². The number of rotatable bonds is 6. The van der Waals surface area contributed by atoms with E-state index in [0.717, 1.165) is 32.1 Å². The van der Waals surface area contributed by atoms with Crippen molar-refractivity contribution in [2.24, 2.45) is 4.99 Å². The Morgan fingerprint density at radius 1 is 1.38 bits per heavy atom. The van der Waals surface area contributed by atoms with Crippen molar-refractivity contribution < 1.29 is 0 Å². The molecule has 0 fully saturated rings. The summed E-state index contributed by atoms with van der Waals surface area (Å²) in [6.45, 7) is 12.0. The molecular formula is C15H27BrN4S. The molecular weight excluding hydrogens is 348 g/mol. The lowest BCUT2D eigenvalue weighted by molar-refractivity contribution is 0.430. The highest BCUT2D eigenvalue weighted by molar-refractivity contribution is 9.11. The fourth-order valence-corrected chi connectivity index (χ4v) is 3.34. The molecule has 0 aliphatic rings. The van der Waals surface area contributed by atoms with Crippen molar-refractivity contribution in [2.75, 3.05) is 26.7 Å². The Bertz CT molecular complexity index is 451. The van der Waals surface area contributed by atoms with Gasteiger partial charge in [-0.3, -0.25) is 4.99 Å². The maximum atomic E-state index is 4.68. The Balaban J connectivity index is 2.54. The first kappa shape index (κ1) is 18.5. The van der Waals surface area contributed by atoms with Crippen LogP contribution in [0.1, 0.15) is 32.6 Å². The van der Waals surface area contributed by atoms with Crippen molar-refractivity contribution in [3.63, 3.8) is 0 Å². The molecule has 0 bridgehead atoms. The molecule has 0 aliphatic heterocycles. The maximum absolute atomic E-state index is 4.68. The summed E-state index contributed by atoms with van der Waals surface area (Å²) in [5.74, 6) is 0.956. The number of nitrogens with zero attached hydrogens (tertiary/aromatic N) is 2. The van der Waals surface area contributed by atoms with Crippen LogP contribution in [-0.4, -0.2) is 43.1 Å². The van der Waals surface area contributed by atoms with Gasteiger partial charge in [0.05, 0.1) is 16.9 Å². The molecule has 120 valence electrons. The van der Waals surface area contributed by atoms with Gasteiger partial charge in [-0.25, -0.2) is 0 Å². The number of aliphatic imine (C=N–C) groups is 1. The summed E-state index contributed by atoms with van der Waals surface area (Å²) >= 11 is 5.27. The fourth-order valence-electron chi connectivity index (χ4n) is 1.81. The van der Waals surface area contributed by atoms with Gasteiger partial charge in [-0.2, -0.15) is 0 Å². The Morgan fingerprint density at radius 3 is 2.62 bits per heavy atom. The van der Waals surface area contributed by atoms with Gasteiger partial charge in [0.15, 0.2) is 5.96 Å². The molecule has 1 heterocycles. The molecule has 2 N–H and O–H groups in total. The van der Waals surface area contributed by atoms with Crippen molar-refractivity contribution in [1.82, 2.24) is 15.5 Å². The summed E-state index contributed by atoms with van der Waals surface area (Å²) < 4.78 is 1.17. The first-order valence-electron chi connectivity index (χ1n) is 7.30. The van der Waals surface area contributed by atoms with Gasteiger partial charge in [0.1, 0.15) is 0 Å². The molecule has 0 amide bonds. The first-order chi connectivity index (χ1) is 9.81. The van der Waals surface area contributed by atoms with Crippen molar-refractivity contribution in [3.05, 3.63) is 20.8 Å². The minimum absolute atomic E-state index is 0.142. The maximum Gasteiger partial charge on any atom is 0.194 e. The Kier molecular flexibility index (Phi) is 7.70. The molecule has 0 aliphatic carbocycles. The zero-order chi connectivity index (χ0) is 15.9. The number of halogens is 1. The summed E-state index contributed by atoms with van der Waals surface area (Å²) in [4.78, 5) is 8.17. The molecule has 6 heteroatoms. The lowest BCUT2D eigenvalue weighted by atomic mass is 10.1. The second kappa shape index (κ2) is 8.76. The van der Waals surface area contributed by atoms with Crippen LogP contribution in [0.25, 0.3) is 0 Å². The minimum Gasteiger partial charge on any atom is -0.357 e. The summed E-state index contributed by atoms with van der Waals surface area (Å²) in [5.41, 5.74) is 0.142. The van der Waals surface area contributed by atoms with E-state index in [1.807, 2.05) is 0 Å². The normalized spacial score (nSPS) is 12.6. The summed E-state index contributed by atoms with van der Waals surface area (Å²) in [6, 6.07) is 4.24. The van der Waals surface area contributed by atoms with Crippen LogP contribution in [0.5, 0.6) is 0 Å². The van der Waals surface area contributed by atoms with Crippen LogP contribution in [0.2, 0.25) is 0 Å². The van der Waals surface area contributed by atoms with Crippen LogP contribution in [0, 0.1) is 0 Å². The molecule has 1 aromatic rings. The number of guanidine groups is 1. The van der Waals surface area contributed by atoms with Crippen LogP contribution in [0.15, 0.2) is 20.9 Å². The van der Waals surface area contributed by atoms with Crippen LogP contribution >= 0.6 is 27.3 Å². The van der Waals surface area contributed by atoms with E-state index in [4.69, 9.17) is 0 Å². The van der Waals surface area contributed by atoms with E-state index >= 15 is 0 Å². The third-order valence-corrected chi connectivity index (χ3v) is 4.36. The lowest BCUT2D eigenvalue weighted by Crippen LogP contribution is -2.40. The van der Waals surface area contributed by atoms with E-state index in [9.17, 15) is 0 Å². The zero-order valence-corrected chi connectivity index (χ0v) is 16.1. The zero-order valence-electron chi connectivity index (χ0n) is 13.7. The highest BCUT2D eigenvalue weighted by Gasteiger charge is 2.09. The molecule has 0 radical (unpaired) electrons. The van der Waals surface area contributed by atoms with Gasteiger partial charge in [-0.15, -0.1) is 11.3 Å². The van der Waals surface area contributed by atoms with E-state index < -0.39 is 0 Å². The first-order valence-corrected chi connectivity index (χ1v) is 8.91. The number of nitrogens with one attached hydrogen (secondary N) is 2. The Hall–Kier alpha value is -0.590. The SMILES string of the molecule is CCNC(=NCCNC(C)(C)C)N(C)Cc1ccc(Br)s1. The molecule has 1 aromatic heterocycles. The predicted octanol–water partition coefficient (Wildman–Crippen LogP) is 3.30. The smallest absolute Gasteiger partial charge is 0.194 e. The van der Waals surface area contributed by atoms with Gasteiger partial charge in [-0.05, 0) is 55.8 Å². The molecule has 1 rings (SSSR count). The van der Waals surface area contributed by atoms with E-state index in [1.165, 1.54) is 8.66 Å². The molecule has 0 atom stereocenters. The van der Waals surface area contributed by atoms with Crippen molar-refractivity contribution in [3.8, 4) is 0 Å². The van der Waals surface area contributed by atoms with Gasteiger partial charge in [0, 0.05) is 30.6 Å². The summed E-state index contributed by atoms with van der Waals surface area (Å²) in [6.07, 6.45) is 0. The average molecular weight is 375 g/mol. The van der Waals surface area contributed by atoms with E-state index in [-0.39, 0.29) is 5.54 Å². The fraction of sp³-hybridized carbons (Fsp3) is 0.667. The van der Waals surface area contributed by atoms with E-state index in [1.54, 1.807) is 11.3 Å². The van der Waals surface area contributed by atoms with Gasteiger partial charge < -0.3 is 15.5 Å². The highest BCUT2D eigenvalue weighted by atomic mass is 79.9. The Labute approximate surface area is 141 Å². The standard InChI is InChI=1S/C15H27BrN4S/c1-6-17-14(18-9-10-19-15(2,3)4)20(5)11-12-7-8-13(16)21-12/h7-8,19H,6,9-11H2,1-5H3,(H,17,18). The van der Waals surface area contributed by atoms with Crippen molar-refractivity contribution >= 4 is 33.2 Å². The molecule has 4 nitrogen and oxygen atoms in total. The average Bonchev–Trinajstić information content (AvgIpc) is 2.77. The topological polar surface area (TPSA) is 39.7 Å². The molecule has 0 unspecified atom stereocenters. The lowest BCUT2D eigenvalue weighted by Gasteiger charge is -2.22. The molecule has 0 aromatic carbocycles. The predicted molar refractivity (Wildman–Crippen MR) is 97.2 cm³/mol. The highest BCUT2D eigenvalue weighted by Crippen LogP contribution is 2.22. The molecule has 0 saturated heterocycles. The van der Waals surface area contributed by atoms with Gasteiger partial charge >= 0.3 is 0 Å². The monoisotopic (exact) mass is 374 g/mol. The van der Waals surface area contributed by atoms with E-state index in [2.05, 4.69) is 83.3 Å². The number of thiophene rings is 1. The molecule has 0 spiro atoms. The van der Waals surface area contributed by atoms with Gasteiger partial charge in [-0.1, -0.05) is 0 Å². The summed E-state index contributed by atoms with van der Waals surface area (Å²) in [7, 11) is 2.08. The quantitative estimate of drug-likeness (QED) is 0.455.